The summed E-state index contributed by atoms with van der Waals surface area (Å²) in [6.45, 7) is 2.36. The van der Waals surface area contributed by atoms with Crippen molar-refractivity contribution in [3.8, 4) is 0 Å². The van der Waals surface area contributed by atoms with Crippen LogP contribution in [0.25, 0.3) is 0 Å². The van der Waals surface area contributed by atoms with Gasteiger partial charge in [0.05, 0.1) is 13.2 Å². The Morgan fingerprint density at radius 3 is 2.60 bits per heavy atom. The molecule has 1 aromatic rings. The van der Waals surface area contributed by atoms with Crippen LogP contribution in [0.15, 0.2) is 29.4 Å². The number of oxime groups is 1. The summed E-state index contributed by atoms with van der Waals surface area (Å²) in [7, 11) is 0. The van der Waals surface area contributed by atoms with Crippen molar-refractivity contribution in [2.75, 3.05) is 31.6 Å². The van der Waals surface area contributed by atoms with Crippen LogP contribution in [-0.4, -0.2) is 48.3 Å². The first kappa shape index (κ1) is 14.1. The largest absolute Gasteiger partial charge is 0.409 e. The van der Waals surface area contributed by atoms with Gasteiger partial charge in [-0.05, 0) is 17.7 Å². The quantitative estimate of drug-likeness (QED) is 0.330. The molecule has 1 fully saturated rings. The van der Waals surface area contributed by atoms with Gasteiger partial charge >= 0.3 is 6.03 Å². The first-order chi connectivity index (χ1) is 9.69. The number of ether oxygens (including phenoxy) is 1. The van der Waals surface area contributed by atoms with E-state index in [0.29, 0.717) is 38.4 Å². The van der Waals surface area contributed by atoms with Gasteiger partial charge in [-0.1, -0.05) is 17.3 Å². The number of benzene rings is 1. The molecule has 0 radical (unpaired) electrons. The van der Waals surface area contributed by atoms with Gasteiger partial charge in [0.1, 0.15) is 5.84 Å². The van der Waals surface area contributed by atoms with Crippen molar-refractivity contribution < 1.29 is 14.7 Å². The van der Waals surface area contributed by atoms with Gasteiger partial charge in [-0.2, -0.15) is 0 Å². The van der Waals surface area contributed by atoms with Crippen LogP contribution in [0.3, 0.4) is 0 Å². The predicted molar refractivity (Wildman–Crippen MR) is 75.0 cm³/mol. The molecule has 0 unspecified atom stereocenters. The Bertz CT molecular complexity index is 481. The number of anilines is 1. The second-order valence-electron chi connectivity index (χ2n) is 4.49. The Hall–Kier alpha value is -2.28. The van der Waals surface area contributed by atoms with Gasteiger partial charge in [-0.25, -0.2) is 4.79 Å². The topological polar surface area (TPSA) is 100 Å². The van der Waals surface area contributed by atoms with Gasteiger partial charge < -0.3 is 25.9 Å². The summed E-state index contributed by atoms with van der Waals surface area (Å²) >= 11 is 0. The van der Waals surface area contributed by atoms with E-state index in [0.717, 1.165) is 5.56 Å². The van der Waals surface area contributed by atoms with Crippen LogP contribution in [0.5, 0.6) is 0 Å². The van der Waals surface area contributed by atoms with Gasteiger partial charge in [0, 0.05) is 25.2 Å². The minimum absolute atomic E-state index is 0.127. The van der Waals surface area contributed by atoms with Crippen LogP contribution in [-0.2, 0) is 11.2 Å². The van der Waals surface area contributed by atoms with Gasteiger partial charge in [0.15, 0.2) is 0 Å². The molecule has 108 valence electrons. The predicted octanol–water partition coefficient (Wildman–Crippen LogP) is 0.840. The zero-order valence-electron chi connectivity index (χ0n) is 11.1. The number of amides is 2. The summed E-state index contributed by atoms with van der Waals surface area (Å²) in [4.78, 5) is 13.7. The molecule has 1 heterocycles. The minimum atomic E-state index is -0.127. The lowest BCUT2D eigenvalue weighted by Crippen LogP contribution is -2.43. The summed E-state index contributed by atoms with van der Waals surface area (Å²) in [6.07, 6.45) is 0.369. The highest BCUT2D eigenvalue weighted by molar-refractivity contribution is 5.89. The van der Waals surface area contributed by atoms with E-state index in [4.69, 9.17) is 15.7 Å². The molecule has 1 aromatic carbocycles. The standard InChI is InChI=1S/C13H18N4O3/c14-12(16-19)9-10-1-3-11(4-2-10)15-13(18)17-5-7-20-8-6-17/h1-4,19H,5-9H2,(H2,14,16)(H,15,18). The SMILES string of the molecule is NC(Cc1ccc(NC(=O)N2CCOCC2)cc1)=NO. The fourth-order valence-electron chi connectivity index (χ4n) is 1.92. The number of rotatable bonds is 3. The van der Waals surface area contributed by atoms with Crippen molar-refractivity contribution >= 4 is 17.6 Å². The van der Waals surface area contributed by atoms with E-state index in [1.807, 2.05) is 12.1 Å². The van der Waals surface area contributed by atoms with Crippen LogP contribution in [0.2, 0.25) is 0 Å². The molecule has 0 bridgehead atoms. The lowest BCUT2D eigenvalue weighted by molar-refractivity contribution is 0.0564. The van der Waals surface area contributed by atoms with Crippen molar-refractivity contribution in [1.82, 2.24) is 4.90 Å². The van der Waals surface area contributed by atoms with Gasteiger partial charge in [0.2, 0.25) is 0 Å². The molecule has 1 saturated heterocycles. The van der Waals surface area contributed by atoms with Crippen molar-refractivity contribution in [2.24, 2.45) is 10.9 Å². The number of nitrogens with two attached hydrogens (primary N) is 1. The summed E-state index contributed by atoms with van der Waals surface area (Å²) < 4.78 is 5.20. The maximum Gasteiger partial charge on any atom is 0.321 e. The maximum absolute atomic E-state index is 12.0. The van der Waals surface area contributed by atoms with Crippen LogP contribution in [0.1, 0.15) is 5.56 Å². The van der Waals surface area contributed by atoms with Crippen LogP contribution in [0, 0.1) is 0 Å². The molecule has 7 heteroatoms. The molecule has 2 amide bonds. The lowest BCUT2D eigenvalue weighted by Gasteiger charge is -2.26. The molecule has 1 aliphatic rings. The number of carbonyl (C=O) groups excluding carboxylic acids is 1. The van der Waals surface area contributed by atoms with Crippen molar-refractivity contribution in [3.63, 3.8) is 0 Å². The summed E-state index contributed by atoms with van der Waals surface area (Å²) in [5.41, 5.74) is 7.05. The molecule has 2 rings (SSSR count). The fraction of sp³-hybridized carbons (Fsp3) is 0.385. The van der Waals surface area contributed by atoms with Crippen LogP contribution < -0.4 is 11.1 Å². The first-order valence-corrected chi connectivity index (χ1v) is 6.38. The monoisotopic (exact) mass is 278 g/mol. The Morgan fingerprint density at radius 1 is 1.35 bits per heavy atom. The number of hydrogen-bond acceptors (Lipinski definition) is 4. The Morgan fingerprint density at radius 2 is 2.00 bits per heavy atom. The maximum atomic E-state index is 12.0. The van der Waals surface area contributed by atoms with E-state index < -0.39 is 0 Å². The third-order valence-corrected chi connectivity index (χ3v) is 3.02. The smallest absolute Gasteiger partial charge is 0.321 e. The molecule has 0 saturated carbocycles. The Balaban J connectivity index is 1.91. The zero-order chi connectivity index (χ0) is 14.4. The highest BCUT2D eigenvalue weighted by Gasteiger charge is 2.16. The molecular weight excluding hydrogens is 260 g/mol. The number of morpholine rings is 1. The number of amidine groups is 1. The minimum Gasteiger partial charge on any atom is -0.409 e. The van der Waals surface area contributed by atoms with Crippen molar-refractivity contribution in [3.05, 3.63) is 29.8 Å². The molecule has 20 heavy (non-hydrogen) atoms. The summed E-state index contributed by atoms with van der Waals surface area (Å²) in [5.74, 6) is 0.148. The average molecular weight is 278 g/mol. The number of nitrogens with zero attached hydrogens (tertiary/aromatic N) is 2. The fourth-order valence-corrected chi connectivity index (χ4v) is 1.92. The molecule has 4 N–H and O–H groups in total. The molecule has 7 nitrogen and oxygen atoms in total. The molecule has 1 aliphatic heterocycles. The van der Waals surface area contributed by atoms with E-state index in [2.05, 4.69) is 10.5 Å². The summed E-state index contributed by atoms with van der Waals surface area (Å²) in [6, 6.07) is 7.11. The highest BCUT2D eigenvalue weighted by atomic mass is 16.5. The number of carbonyl (C=O) groups is 1. The van der Waals surface area contributed by atoms with Gasteiger partial charge in [-0.3, -0.25) is 0 Å². The average Bonchev–Trinajstić information content (AvgIpc) is 2.50. The molecular formula is C13H18N4O3. The number of urea groups is 1. The molecule has 0 atom stereocenters. The highest BCUT2D eigenvalue weighted by Crippen LogP contribution is 2.11. The van der Waals surface area contributed by atoms with Crippen LogP contribution in [0.4, 0.5) is 10.5 Å². The Kier molecular flexibility index (Phi) is 4.78. The second kappa shape index (κ2) is 6.76. The van der Waals surface area contributed by atoms with Crippen molar-refractivity contribution in [2.45, 2.75) is 6.42 Å². The van der Waals surface area contributed by atoms with E-state index >= 15 is 0 Å². The normalized spacial score (nSPS) is 16.0. The van der Waals surface area contributed by atoms with E-state index in [1.54, 1.807) is 17.0 Å². The van der Waals surface area contributed by atoms with Gasteiger partial charge in [0.25, 0.3) is 0 Å². The Labute approximate surface area is 117 Å². The van der Waals surface area contributed by atoms with E-state index in [1.165, 1.54) is 0 Å². The third kappa shape index (κ3) is 3.86. The van der Waals surface area contributed by atoms with E-state index in [9.17, 15) is 4.79 Å². The second-order valence-corrected chi connectivity index (χ2v) is 4.49. The molecule has 0 aromatic heterocycles. The van der Waals surface area contributed by atoms with Gasteiger partial charge in [-0.15, -0.1) is 0 Å². The third-order valence-electron chi connectivity index (χ3n) is 3.02. The van der Waals surface area contributed by atoms with E-state index in [-0.39, 0.29) is 11.9 Å². The molecule has 0 aliphatic carbocycles. The number of hydrogen-bond donors (Lipinski definition) is 3. The lowest BCUT2D eigenvalue weighted by atomic mass is 10.1. The molecule has 0 spiro atoms. The number of nitrogens with one attached hydrogen (secondary N) is 1. The first-order valence-electron chi connectivity index (χ1n) is 6.38. The summed E-state index contributed by atoms with van der Waals surface area (Å²) in [5, 5.41) is 14.3. The zero-order valence-corrected chi connectivity index (χ0v) is 11.1. The van der Waals surface area contributed by atoms with Crippen LogP contribution >= 0.6 is 0 Å². The van der Waals surface area contributed by atoms with Crippen molar-refractivity contribution in [1.29, 1.82) is 0 Å².